The maximum Gasteiger partial charge on any atom is 0.131 e. The lowest BCUT2D eigenvalue weighted by Gasteiger charge is -2.24. The van der Waals surface area contributed by atoms with Gasteiger partial charge in [-0.05, 0) is 24.5 Å². The predicted molar refractivity (Wildman–Crippen MR) is 80.9 cm³/mol. The fraction of sp³-hybridized carbons (Fsp3) is 0.625. The van der Waals surface area contributed by atoms with Gasteiger partial charge in [0.2, 0.25) is 0 Å². The summed E-state index contributed by atoms with van der Waals surface area (Å²) >= 11 is 0. The van der Waals surface area contributed by atoms with Gasteiger partial charge in [-0.3, -0.25) is 11.3 Å². The molecule has 0 aromatic heterocycles. The van der Waals surface area contributed by atoms with Gasteiger partial charge in [-0.1, -0.05) is 45.6 Å². The highest BCUT2D eigenvalue weighted by Crippen LogP contribution is 2.33. The Morgan fingerprint density at radius 2 is 2.10 bits per heavy atom. The van der Waals surface area contributed by atoms with E-state index in [1.165, 1.54) is 18.9 Å². The summed E-state index contributed by atoms with van der Waals surface area (Å²) in [6.07, 6.45) is 5.44. The number of nitrogens with one attached hydrogen (secondary N) is 1. The van der Waals surface area contributed by atoms with Crippen molar-refractivity contribution in [2.45, 2.75) is 52.0 Å². The van der Waals surface area contributed by atoms with Gasteiger partial charge < -0.3 is 4.74 Å². The summed E-state index contributed by atoms with van der Waals surface area (Å²) < 4.78 is 19.4. The first kappa shape index (κ1) is 16.9. The molecule has 0 saturated heterocycles. The van der Waals surface area contributed by atoms with Gasteiger partial charge in [0.1, 0.15) is 11.6 Å². The molecule has 1 aromatic rings. The topological polar surface area (TPSA) is 47.3 Å². The highest BCUT2D eigenvalue weighted by molar-refractivity contribution is 5.37. The van der Waals surface area contributed by atoms with Gasteiger partial charge in [0.15, 0.2) is 0 Å². The highest BCUT2D eigenvalue weighted by atomic mass is 19.1. The Balaban J connectivity index is 2.89. The molecule has 0 aliphatic rings. The molecular formula is C16H27FN2O. The van der Waals surface area contributed by atoms with E-state index < -0.39 is 0 Å². The van der Waals surface area contributed by atoms with Crippen LogP contribution >= 0.6 is 0 Å². The third kappa shape index (κ3) is 4.46. The molecule has 0 amide bonds. The van der Waals surface area contributed by atoms with Gasteiger partial charge in [-0.2, -0.15) is 0 Å². The molecule has 4 heteroatoms. The van der Waals surface area contributed by atoms with Crippen molar-refractivity contribution in [2.75, 3.05) is 7.11 Å². The Hall–Kier alpha value is -1.13. The zero-order valence-corrected chi connectivity index (χ0v) is 12.8. The molecule has 0 spiro atoms. The Bertz CT molecular complexity index is 398. The zero-order chi connectivity index (χ0) is 15.0. The molecule has 0 aliphatic heterocycles. The summed E-state index contributed by atoms with van der Waals surface area (Å²) in [5, 5.41) is 0. The number of rotatable bonds is 9. The van der Waals surface area contributed by atoms with Gasteiger partial charge in [-0.15, -0.1) is 0 Å². The molecule has 0 heterocycles. The van der Waals surface area contributed by atoms with Crippen LogP contribution in [0.3, 0.4) is 0 Å². The second-order valence-corrected chi connectivity index (χ2v) is 5.23. The molecule has 20 heavy (non-hydrogen) atoms. The standard InChI is InChI=1S/C16H27FN2O/c1-4-6-8-12(5-2)11-14(19-18)16-13(17)9-7-10-15(16)20-3/h7,9-10,12,14,19H,4-6,8,11,18H2,1-3H3. The van der Waals surface area contributed by atoms with Crippen molar-refractivity contribution in [1.29, 1.82) is 0 Å². The molecule has 1 rings (SSSR count). The van der Waals surface area contributed by atoms with Crippen LogP contribution in [0.5, 0.6) is 5.75 Å². The Labute approximate surface area is 121 Å². The van der Waals surface area contributed by atoms with E-state index in [0.29, 0.717) is 17.2 Å². The second-order valence-electron chi connectivity index (χ2n) is 5.23. The monoisotopic (exact) mass is 282 g/mol. The van der Waals surface area contributed by atoms with Crippen molar-refractivity contribution in [1.82, 2.24) is 5.43 Å². The van der Waals surface area contributed by atoms with Crippen LogP contribution in [0, 0.1) is 11.7 Å². The molecular weight excluding hydrogens is 255 g/mol. The lowest BCUT2D eigenvalue weighted by atomic mass is 9.89. The first-order valence-corrected chi connectivity index (χ1v) is 7.46. The number of ether oxygens (including phenoxy) is 1. The van der Waals surface area contributed by atoms with Gasteiger partial charge in [0.25, 0.3) is 0 Å². The van der Waals surface area contributed by atoms with E-state index in [0.717, 1.165) is 19.3 Å². The van der Waals surface area contributed by atoms with Crippen LogP contribution in [0.25, 0.3) is 0 Å². The summed E-state index contributed by atoms with van der Waals surface area (Å²) in [5.41, 5.74) is 3.29. The number of hydrazine groups is 1. The molecule has 3 N–H and O–H groups in total. The third-order valence-corrected chi connectivity index (χ3v) is 3.89. The SMILES string of the molecule is CCCCC(CC)CC(NN)c1c(F)cccc1OC. The molecule has 0 fully saturated rings. The van der Waals surface area contributed by atoms with Gasteiger partial charge >= 0.3 is 0 Å². The van der Waals surface area contributed by atoms with Crippen LogP contribution in [0.2, 0.25) is 0 Å². The van der Waals surface area contributed by atoms with E-state index in [4.69, 9.17) is 10.6 Å². The zero-order valence-electron chi connectivity index (χ0n) is 12.8. The van der Waals surface area contributed by atoms with Crippen LogP contribution in [-0.2, 0) is 0 Å². The van der Waals surface area contributed by atoms with Crippen molar-refractivity contribution < 1.29 is 9.13 Å². The minimum Gasteiger partial charge on any atom is -0.496 e. The third-order valence-electron chi connectivity index (χ3n) is 3.89. The van der Waals surface area contributed by atoms with Crippen LogP contribution < -0.4 is 16.0 Å². The molecule has 0 saturated carbocycles. The fourth-order valence-corrected chi connectivity index (χ4v) is 2.62. The van der Waals surface area contributed by atoms with E-state index >= 15 is 0 Å². The quantitative estimate of drug-likeness (QED) is 0.532. The summed E-state index contributed by atoms with van der Waals surface area (Å²) in [7, 11) is 1.56. The summed E-state index contributed by atoms with van der Waals surface area (Å²) in [4.78, 5) is 0. The van der Waals surface area contributed by atoms with Crippen LogP contribution in [0.15, 0.2) is 18.2 Å². The van der Waals surface area contributed by atoms with Crippen molar-refractivity contribution in [3.63, 3.8) is 0 Å². The van der Waals surface area contributed by atoms with E-state index in [9.17, 15) is 4.39 Å². The number of hydrogen-bond acceptors (Lipinski definition) is 3. The number of benzene rings is 1. The van der Waals surface area contributed by atoms with E-state index in [1.807, 2.05) is 0 Å². The van der Waals surface area contributed by atoms with Crippen LogP contribution in [0.4, 0.5) is 4.39 Å². The van der Waals surface area contributed by atoms with Gasteiger partial charge in [-0.25, -0.2) is 4.39 Å². The molecule has 1 aromatic carbocycles. The van der Waals surface area contributed by atoms with Crippen LogP contribution in [-0.4, -0.2) is 7.11 Å². The van der Waals surface area contributed by atoms with Crippen molar-refractivity contribution >= 4 is 0 Å². The number of halogens is 1. The highest BCUT2D eigenvalue weighted by Gasteiger charge is 2.22. The van der Waals surface area contributed by atoms with E-state index in [1.54, 1.807) is 19.2 Å². The molecule has 2 unspecified atom stereocenters. The lowest BCUT2D eigenvalue weighted by molar-refractivity contribution is 0.335. The average molecular weight is 282 g/mol. The molecule has 0 radical (unpaired) electrons. The van der Waals surface area contributed by atoms with Gasteiger partial charge in [0, 0.05) is 5.56 Å². The molecule has 3 nitrogen and oxygen atoms in total. The first-order chi connectivity index (χ1) is 9.67. The maximum atomic E-state index is 14.1. The number of unbranched alkanes of at least 4 members (excludes halogenated alkanes) is 1. The largest absolute Gasteiger partial charge is 0.496 e. The van der Waals surface area contributed by atoms with Crippen molar-refractivity contribution in [3.8, 4) is 5.75 Å². The molecule has 2 atom stereocenters. The van der Waals surface area contributed by atoms with E-state index in [-0.39, 0.29) is 11.9 Å². The minimum absolute atomic E-state index is 0.215. The number of methoxy groups -OCH3 is 1. The Morgan fingerprint density at radius 1 is 1.35 bits per heavy atom. The normalized spacial score (nSPS) is 14.1. The smallest absolute Gasteiger partial charge is 0.131 e. The number of hydrogen-bond donors (Lipinski definition) is 2. The lowest BCUT2D eigenvalue weighted by Crippen LogP contribution is -2.30. The molecule has 0 aliphatic carbocycles. The maximum absolute atomic E-state index is 14.1. The van der Waals surface area contributed by atoms with E-state index in [2.05, 4.69) is 19.3 Å². The second kappa shape index (κ2) is 8.93. The Kier molecular flexibility index (Phi) is 7.55. The number of nitrogens with two attached hydrogens (primary N) is 1. The average Bonchev–Trinajstić information content (AvgIpc) is 2.48. The Morgan fingerprint density at radius 3 is 2.65 bits per heavy atom. The summed E-state index contributed by atoms with van der Waals surface area (Å²) in [6.45, 7) is 4.36. The first-order valence-electron chi connectivity index (χ1n) is 7.46. The van der Waals surface area contributed by atoms with Crippen molar-refractivity contribution in [3.05, 3.63) is 29.6 Å². The minimum atomic E-state index is -0.266. The summed E-state index contributed by atoms with van der Waals surface area (Å²) in [6, 6.07) is 4.66. The molecule has 114 valence electrons. The molecule has 0 bridgehead atoms. The fourth-order valence-electron chi connectivity index (χ4n) is 2.62. The summed E-state index contributed by atoms with van der Waals surface area (Å²) in [5.74, 6) is 6.49. The van der Waals surface area contributed by atoms with Crippen LogP contribution in [0.1, 0.15) is 57.6 Å². The van der Waals surface area contributed by atoms with Crippen molar-refractivity contribution in [2.24, 2.45) is 11.8 Å². The van der Waals surface area contributed by atoms with Gasteiger partial charge in [0.05, 0.1) is 13.2 Å². The predicted octanol–water partition coefficient (Wildman–Crippen LogP) is 3.95.